The van der Waals surface area contributed by atoms with Crippen LogP contribution in [-0.2, 0) is 115 Å². The topological polar surface area (TPSA) is 662 Å². The van der Waals surface area contributed by atoms with Gasteiger partial charge in [-0.05, 0) is 187 Å². The van der Waals surface area contributed by atoms with Crippen LogP contribution in [-0.4, -0.2) is 246 Å². The Bertz CT molecular complexity index is 5020. The van der Waals surface area contributed by atoms with Gasteiger partial charge in [0.15, 0.2) is 0 Å². The lowest BCUT2D eigenvalue weighted by atomic mass is 9.89. The number of nitrogens with one attached hydrogen (secondary N) is 17. The van der Waals surface area contributed by atoms with Crippen molar-refractivity contribution in [3.63, 3.8) is 0 Å². The van der Waals surface area contributed by atoms with Crippen molar-refractivity contribution in [1.29, 1.82) is 0 Å². The number of phenols is 1. The Morgan fingerprint density at radius 2 is 1.12 bits per heavy atom. The number of aliphatic hydroxyl groups excluding tert-OH is 1. The second kappa shape index (κ2) is 55.4. The molecule has 0 radical (unpaired) electrons. The van der Waals surface area contributed by atoms with Crippen molar-refractivity contribution in [2.24, 2.45) is 29.2 Å². The van der Waals surface area contributed by atoms with E-state index in [0.717, 1.165) is 0 Å². The Hall–Kier alpha value is -13.2. The quantitative estimate of drug-likeness (QED) is 0.0163. The molecule has 42 nitrogen and oxygen atoms in total. The van der Waals surface area contributed by atoms with Crippen LogP contribution in [0.25, 0.3) is 10.9 Å². The Balaban J connectivity index is 1.59. The van der Waals surface area contributed by atoms with Crippen molar-refractivity contribution in [1.82, 2.24) is 90.3 Å². The number of para-hydroxylation sites is 1. The second-order valence-electron chi connectivity index (χ2n) is 37.7. The lowest BCUT2D eigenvalue weighted by Gasteiger charge is -2.34. The van der Waals surface area contributed by atoms with Crippen LogP contribution in [0.4, 0.5) is 0 Å². The van der Waals surface area contributed by atoms with Crippen molar-refractivity contribution in [3.05, 3.63) is 114 Å². The molecule has 3 aromatic carbocycles. The number of allylic oxidation sites excluding steroid dienone is 2. The van der Waals surface area contributed by atoms with Gasteiger partial charge in [0, 0.05) is 62.7 Å². The zero-order valence-electron chi connectivity index (χ0n) is 82.1. The number of carbonyl (C=O) groups is 20. The van der Waals surface area contributed by atoms with Gasteiger partial charge in [-0.25, -0.2) is 10.9 Å². The molecule has 0 saturated carbocycles. The number of carboxylic acids is 1. The van der Waals surface area contributed by atoms with Gasteiger partial charge in [0.1, 0.15) is 76.7 Å². The van der Waals surface area contributed by atoms with Gasteiger partial charge in [0.05, 0.1) is 36.2 Å². The first-order valence-corrected chi connectivity index (χ1v) is 47.0. The third-order valence-electron chi connectivity index (χ3n) is 23.8. The lowest BCUT2D eigenvalue weighted by molar-refractivity contribution is -0.141. The van der Waals surface area contributed by atoms with Gasteiger partial charge in [-0.15, -0.1) is 0 Å². The molecule has 4 aromatic rings. The number of aromatic amines is 1. The molecule has 0 bridgehead atoms. The van der Waals surface area contributed by atoms with Crippen molar-refractivity contribution < 1.29 is 111 Å². The number of Topliss-reactive ketones (excluding diaryl/α,β-unsaturated/α-hetero) is 4. The van der Waals surface area contributed by atoms with Crippen LogP contribution in [0.15, 0.2) is 97.2 Å². The summed E-state index contributed by atoms with van der Waals surface area (Å²) in [6, 6.07) is 1.11. The molecule has 24 N–H and O–H groups in total. The van der Waals surface area contributed by atoms with E-state index in [2.05, 4.69) is 90.3 Å². The third kappa shape index (κ3) is 38.2. The van der Waals surface area contributed by atoms with Gasteiger partial charge in [0.2, 0.25) is 112 Å². The zero-order chi connectivity index (χ0) is 104. The predicted molar refractivity (Wildman–Crippen MR) is 513 cm³/mol. The molecule has 1 aliphatic rings. The van der Waals surface area contributed by atoms with Crippen molar-refractivity contribution in [2.75, 3.05) is 6.54 Å². The Morgan fingerprint density at radius 1 is 0.540 bits per heavy atom. The van der Waals surface area contributed by atoms with E-state index < -0.39 is 257 Å². The molecule has 764 valence electrons. The molecule has 17 atom stereocenters. The summed E-state index contributed by atoms with van der Waals surface area (Å²) in [6.45, 7) is 22.5. The first-order chi connectivity index (χ1) is 65.1. The minimum Gasteiger partial charge on any atom is -0.508 e. The van der Waals surface area contributed by atoms with Gasteiger partial charge in [0.25, 0.3) is 0 Å². The number of hydrazine groups is 1. The summed E-state index contributed by atoms with van der Waals surface area (Å²) in [5.74, 6) is -21.2. The van der Waals surface area contributed by atoms with Crippen molar-refractivity contribution in [2.45, 2.75) is 328 Å². The van der Waals surface area contributed by atoms with Gasteiger partial charge in [-0.2, -0.15) is 0 Å². The number of carboxylic acid groups (broad SMARTS) is 1. The number of hydrogen-bond donors (Lipinski definition) is 22. The number of aliphatic hydroxyl groups is 1. The molecule has 1 aromatic heterocycles. The van der Waals surface area contributed by atoms with Crippen LogP contribution >= 0.6 is 0 Å². The van der Waals surface area contributed by atoms with E-state index in [1.807, 2.05) is 12.2 Å². The van der Waals surface area contributed by atoms with Crippen LogP contribution in [0.2, 0.25) is 0 Å². The van der Waals surface area contributed by atoms with Crippen molar-refractivity contribution >= 4 is 129 Å². The standard InChI is InChI=1S/C97H143N19O23/c1-52(2)45-65-51-101-69(39-41-75(98)120)81(126)79(124)55(6)103-87(132)74(49-64-50-100-68-34-28-27-33-67(64)68)109-88(133)72(48-63-35-37-66(119)38-36-63)108-86(131)70(40-42-76(121)122)111-94(139)97(16,114-90(135)73(47-62-31-25-24-26-32-62)110-91(136)77(60(11)117)112-89(134)71(46-53(3)4)107-61(12)118)44-30-23-21-19-17-18-20-22-29-43-96(15,113-85(65)130)93(138)106-59(10)83(128)102-54(5)78(123)80(125)56(7)115-116-95(13,14)92(137)105-58(9)84(129)104-57(8)82(99)127/h18,20,24-28,31-38,50,52-60,65,69-74,77,100-101,115-117,119H,17,19,21-23,29-30,39-49,51H2,1-16H3,(H2,98,120)(H2,99,127)(H,102,128)(H,103,132)(H,104,129)(H,105,137)(H,106,138)(H,107,118)(H,108,131)(H,109,133)(H,110,136)(H,111,139)(H,112,134)(H,113,130)(H,114,135)(H,121,122)/b20-18+/t54-,55-,56-,57+,58-,59?,60+,65+,69-,70-,71-,72?,73-,74-,77-,96-,97+/m0/s1. The largest absolute Gasteiger partial charge is 0.508 e. The SMILES string of the molecule is CC(=O)N[C@@H](CC(C)C)C(=O)N[C@H](C(=O)N[C@@H](Cc1ccccc1)C(=O)N[C@]1(C)CCCCCC/C=C/CCC[C@@](C)(C(=O)NC(C)C(=O)N[C@@H](C)C(=O)C(=O)[C@H](C)NNC(C)(C)C(=O)N[C@@H](C)C(=O)N[C@H](C)C(N)=O)NC(=O)[C@H](CC(C)C)CN[C@@H](CCC(N)=O)C(=O)C(=O)[C@H](C)NC(=O)[C@H](Cc2c[nH]c3ccccc23)NC(=O)C(Cc2ccc(O)cc2)NC(=O)[C@H](CCC(=O)O)NC1=O)[C@@H](C)O. The number of aliphatic carboxylic acids is 1. The number of fused-ring (bicyclic) bond motifs is 1. The van der Waals surface area contributed by atoms with Gasteiger partial charge < -0.3 is 106 Å². The molecule has 0 saturated heterocycles. The highest BCUT2D eigenvalue weighted by Gasteiger charge is 2.44. The van der Waals surface area contributed by atoms with E-state index >= 15 is 28.8 Å². The molecular formula is C97H143N19O23. The van der Waals surface area contributed by atoms with Crippen LogP contribution in [0.3, 0.4) is 0 Å². The Kier molecular flexibility index (Phi) is 46.3. The maximum atomic E-state index is 15.6. The minimum absolute atomic E-state index is 0.0767. The molecule has 0 spiro atoms. The average molecular weight is 1940 g/mol. The number of ketones is 4. The number of primary amides is 2. The number of amides is 15. The van der Waals surface area contributed by atoms with Crippen LogP contribution in [0, 0.1) is 17.8 Å². The molecule has 0 fully saturated rings. The number of carbonyl (C=O) groups excluding carboxylic acids is 19. The summed E-state index contributed by atoms with van der Waals surface area (Å²) in [5, 5.41) is 69.1. The maximum absolute atomic E-state index is 15.6. The van der Waals surface area contributed by atoms with Crippen LogP contribution in [0.5, 0.6) is 5.75 Å². The number of benzene rings is 3. The maximum Gasteiger partial charge on any atom is 0.303 e. The lowest BCUT2D eigenvalue weighted by Crippen LogP contribution is -2.65. The highest BCUT2D eigenvalue weighted by molar-refractivity contribution is 6.41. The highest BCUT2D eigenvalue weighted by Crippen LogP contribution is 2.25. The third-order valence-corrected chi connectivity index (χ3v) is 23.8. The van der Waals surface area contributed by atoms with E-state index in [-0.39, 0.29) is 75.5 Å². The van der Waals surface area contributed by atoms with Crippen LogP contribution in [0.1, 0.15) is 224 Å². The molecule has 15 amide bonds. The van der Waals surface area contributed by atoms with Crippen molar-refractivity contribution in [3.8, 4) is 5.75 Å². The molecule has 1 aliphatic heterocycles. The summed E-state index contributed by atoms with van der Waals surface area (Å²) >= 11 is 0. The normalized spacial score (nSPS) is 21.8. The predicted octanol–water partition coefficient (Wildman–Crippen LogP) is 0.385. The summed E-state index contributed by atoms with van der Waals surface area (Å²) in [5.41, 5.74) is 12.5. The second-order valence-corrected chi connectivity index (χ2v) is 37.7. The highest BCUT2D eigenvalue weighted by atomic mass is 16.4. The van der Waals surface area contributed by atoms with E-state index in [9.17, 15) is 82.4 Å². The monoisotopic (exact) mass is 1940 g/mol. The van der Waals surface area contributed by atoms with Gasteiger partial charge in [-0.3, -0.25) is 95.9 Å². The zero-order valence-corrected chi connectivity index (χ0v) is 82.1. The summed E-state index contributed by atoms with van der Waals surface area (Å²) in [4.78, 5) is 284. The Labute approximate surface area is 809 Å². The van der Waals surface area contributed by atoms with E-state index in [1.54, 1.807) is 88.5 Å². The smallest absolute Gasteiger partial charge is 0.303 e. The van der Waals surface area contributed by atoms with E-state index in [0.29, 0.717) is 59.7 Å². The van der Waals surface area contributed by atoms with Crippen LogP contribution < -0.4 is 96.8 Å². The average Bonchev–Trinajstić information content (AvgIpc) is 1.72. The molecule has 42 heteroatoms. The van der Waals surface area contributed by atoms with Gasteiger partial charge >= 0.3 is 5.97 Å². The first kappa shape index (κ1) is 116. The molecular weight excluding hydrogens is 1800 g/mol. The molecule has 5 rings (SSSR count). The fourth-order valence-electron chi connectivity index (χ4n) is 15.3. The summed E-state index contributed by atoms with van der Waals surface area (Å²) < 4.78 is 0. The fourth-order valence-corrected chi connectivity index (χ4v) is 15.3. The molecule has 2 unspecified atom stereocenters. The number of hydrogen-bond acceptors (Lipinski definition) is 25. The number of aromatic nitrogens is 1. The number of aromatic hydroxyl groups is 1. The number of rotatable bonds is 39. The minimum atomic E-state index is -2.08. The van der Waals surface area contributed by atoms with E-state index in [1.165, 1.54) is 107 Å². The first-order valence-electron chi connectivity index (χ1n) is 47.0. The van der Waals surface area contributed by atoms with Gasteiger partial charge in [-0.1, -0.05) is 120 Å². The number of H-pyrrole nitrogens is 1. The summed E-state index contributed by atoms with van der Waals surface area (Å²) in [7, 11) is 0. The molecule has 2 heterocycles. The molecule has 0 aliphatic carbocycles. The Morgan fingerprint density at radius 3 is 1.72 bits per heavy atom. The molecule has 139 heavy (non-hydrogen) atoms. The number of phenolic OH excluding ortho intramolecular Hbond substituents is 1. The van der Waals surface area contributed by atoms with E-state index in [4.69, 9.17) is 11.5 Å². The fraction of sp³-hybridized carbons (Fsp3) is 0.567. The summed E-state index contributed by atoms with van der Waals surface area (Å²) in [6.07, 6.45) is 2.79. The number of nitrogens with two attached hydrogens (primary N) is 2.